The summed E-state index contributed by atoms with van der Waals surface area (Å²) in [4.78, 5) is 10.8. The standard InChI is InChI=1S/C16H19NO/c1-2-3-14(16-9-15(16)11-18)8-12-4-6-13(10-17)7-5-12/h4-7,11,14-16H,2-3,8-9H2,1H3. The summed E-state index contributed by atoms with van der Waals surface area (Å²) in [6.07, 6.45) is 5.59. The van der Waals surface area contributed by atoms with Crippen LogP contribution in [0.2, 0.25) is 0 Å². The highest BCUT2D eigenvalue weighted by Gasteiger charge is 2.41. The summed E-state index contributed by atoms with van der Waals surface area (Å²) in [5.74, 6) is 1.52. The van der Waals surface area contributed by atoms with Crippen LogP contribution in [0.5, 0.6) is 0 Å². The lowest BCUT2D eigenvalue weighted by Crippen LogP contribution is -2.09. The Balaban J connectivity index is 2.00. The SMILES string of the molecule is CCCC(Cc1ccc(C#N)cc1)C1CC1C=O. The first-order chi connectivity index (χ1) is 8.78. The minimum Gasteiger partial charge on any atom is -0.303 e. The summed E-state index contributed by atoms with van der Waals surface area (Å²) in [5, 5.41) is 8.77. The molecule has 1 aliphatic rings. The van der Waals surface area contributed by atoms with E-state index in [-0.39, 0.29) is 0 Å². The molecular weight excluding hydrogens is 222 g/mol. The Morgan fingerprint density at radius 3 is 2.67 bits per heavy atom. The number of nitriles is 1. The molecule has 3 unspecified atom stereocenters. The van der Waals surface area contributed by atoms with Gasteiger partial charge in [0, 0.05) is 5.92 Å². The predicted molar refractivity (Wildman–Crippen MR) is 70.9 cm³/mol. The zero-order chi connectivity index (χ0) is 13.0. The predicted octanol–water partition coefficient (Wildman–Crippen LogP) is 3.35. The molecular formula is C16H19NO. The molecule has 1 saturated carbocycles. The molecule has 1 fully saturated rings. The summed E-state index contributed by atoms with van der Waals surface area (Å²) in [7, 11) is 0. The molecule has 18 heavy (non-hydrogen) atoms. The van der Waals surface area contributed by atoms with Crippen molar-refractivity contribution in [2.45, 2.75) is 32.6 Å². The van der Waals surface area contributed by atoms with Crippen LogP contribution in [0.3, 0.4) is 0 Å². The van der Waals surface area contributed by atoms with Crippen LogP contribution < -0.4 is 0 Å². The van der Waals surface area contributed by atoms with Gasteiger partial charge in [0.15, 0.2) is 0 Å². The third-order valence-electron chi connectivity index (χ3n) is 3.91. The van der Waals surface area contributed by atoms with Gasteiger partial charge in [-0.1, -0.05) is 31.9 Å². The van der Waals surface area contributed by atoms with Crippen molar-refractivity contribution < 1.29 is 4.79 Å². The van der Waals surface area contributed by atoms with Gasteiger partial charge in [0.05, 0.1) is 11.6 Å². The van der Waals surface area contributed by atoms with Crippen LogP contribution in [-0.2, 0) is 11.2 Å². The summed E-state index contributed by atoms with van der Waals surface area (Å²) in [6.45, 7) is 2.20. The van der Waals surface area contributed by atoms with Crippen LogP contribution in [0.25, 0.3) is 0 Å². The minimum atomic E-state index is 0.305. The molecule has 0 spiro atoms. The van der Waals surface area contributed by atoms with Crippen molar-refractivity contribution in [1.29, 1.82) is 5.26 Å². The molecule has 0 saturated heterocycles. The van der Waals surface area contributed by atoms with E-state index in [2.05, 4.69) is 13.0 Å². The molecule has 2 nitrogen and oxygen atoms in total. The molecule has 1 aliphatic carbocycles. The molecule has 0 N–H and O–H groups in total. The largest absolute Gasteiger partial charge is 0.303 e. The van der Waals surface area contributed by atoms with Gasteiger partial charge in [-0.25, -0.2) is 0 Å². The highest BCUT2D eigenvalue weighted by molar-refractivity contribution is 5.58. The quantitative estimate of drug-likeness (QED) is 0.717. The first kappa shape index (κ1) is 12.8. The third kappa shape index (κ3) is 2.98. The van der Waals surface area contributed by atoms with E-state index < -0.39 is 0 Å². The topological polar surface area (TPSA) is 40.9 Å². The fourth-order valence-electron chi connectivity index (χ4n) is 2.79. The maximum absolute atomic E-state index is 10.8. The number of nitrogens with zero attached hydrogens (tertiary/aromatic N) is 1. The number of hydrogen-bond acceptors (Lipinski definition) is 2. The van der Waals surface area contributed by atoms with E-state index in [0.29, 0.717) is 23.3 Å². The van der Waals surface area contributed by atoms with Crippen molar-refractivity contribution >= 4 is 6.29 Å². The highest BCUT2D eigenvalue weighted by atomic mass is 16.1. The maximum atomic E-state index is 10.8. The Morgan fingerprint density at radius 2 is 2.17 bits per heavy atom. The first-order valence-electron chi connectivity index (χ1n) is 6.72. The molecule has 0 aliphatic heterocycles. The third-order valence-corrected chi connectivity index (χ3v) is 3.91. The Bertz CT molecular complexity index is 443. The van der Waals surface area contributed by atoms with E-state index in [9.17, 15) is 4.79 Å². The van der Waals surface area contributed by atoms with E-state index in [1.807, 2.05) is 24.3 Å². The lowest BCUT2D eigenvalue weighted by atomic mass is 9.89. The van der Waals surface area contributed by atoms with Gasteiger partial charge in [-0.2, -0.15) is 5.26 Å². The molecule has 94 valence electrons. The van der Waals surface area contributed by atoms with Gasteiger partial charge in [0.1, 0.15) is 6.29 Å². The molecule has 0 radical (unpaired) electrons. The average molecular weight is 241 g/mol. The van der Waals surface area contributed by atoms with E-state index in [4.69, 9.17) is 5.26 Å². The Hall–Kier alpha value is -1.62. The molecule has 0 heterocycles. The van der Waals surface area contributed by atoms with Crippen molar-refractivity contribution in [3.05, 3.63) is 35.4 Å². The molecule has 3 atom stereocenters. The molecule has 2 rings (SSSR count). The van der Waals surface area contributed by atoms with Crippen molar-refractivity contribution in [2.75, 3.05) is 0 Å². The van der Waals surface area contributed by atoms with Gasteiger partial charge in [-0.3, -0.25) is 0 Å². The fraction of sp³-hybridized carbons (Fsp3) is 0.500. The monoisotopic (exact) mass is 241 g/mol. The van der Waals surface area contributed by atoms with Crippen LogP contribution >= 0.6 is 0 Å². The molecule has 0 bridgehead atoms. The Morgan fingerprint density at radius 1 is 1.44 bits per heavy atom. The van der Waals surface area contributed by atoms with Crippen LogP contribution in [0, 0.1) is 29.1 Å². The molecule has 1 aromatic rings. The van der Waals surface area contributed by atoms with Gasteiger partial charge in [0.2, 0.25) is 0 Å². The van der Waals surface area contributed by atoms with E-state index in [0.717, 1.165) is 19.1 Å². The van der Waals surface area contributed by atoms with E-state index in [1.54, 1.807) is 0 Å². The van der Waals surface area contributed by atoms with Crippen molar-refractivity contribution in [1.82, 2.24) is 0 Å². The zero-order valence-electron chi connectivity index (χ0n) is 10.8. The van der Waals surface area contributed by atoms with Crippen LogP contribution in [0.1, 0.15) is 37.3 Å². The normalized spacial score (nSPS) is 23.1. The zero-order valence-corrected chi connectivity index (χ0v) is 10.8. The fourth-order valence-corrected chi connectivity index (χ4v) is 2.79. The van der Waals surface area contributed by atoms with Gasteiger partial charge >= 0.3 is 0 Å². The van der Waals surface area contributed by atoms with Crippen molar-refractivity contribution in [2.24, 2.45) is 17.8 Å². The van der Waals surface area contributed by atoms with Gasteiger partial charge in [-0.15, -0.1) is 0 Å². The second-order valence-electron chi connectivity index (χ2n) is 5.26. The number of carbonyl (C=O) groups is 1. The summed E-state index contributed by atoms with van der Waals surface area (Å²) in [5.41, 5.74) is 1.99. The highest BCUT2D eigenvalue weighted by Crippen LogP contribution is 2.45. The number of carbonyl (C=O) groups excluding carboxylic acids is 1. The minimum absolute atomic E-state index is 0.305. The summed E-state index contributed by atoms with van der Waals surface area (Å²) in [6, 6.07) is 9.97. The second kappa shape index (κ2) is 5.82. The Labute approximate surface area is 109 Å². The van der Waals surface area contributed by atoms with E-state index in [1.165, 1.54) is 18.4 Å². The number of rotatable bonds is 6. The van der Waals surface area contributed by atoms with Gasteiger partial charge < -0.3 is 4.79 Å². The molecule has 2 heteroatoms. The molecule has 1 aromatic carbocycles. The lowest BCUT2D eigenvalue weighted by Gasteiger charge is -2.15. The van der Waals surface area contributed by atoms with Crippen molar-refractivity contribution in [3.8, 4) is 6.07 Å². The van der Waals surface area contributed by atoms with E-state index >= 15 is 0 Å². The molecule has 0 aromatic heterocycles. The summed E-state index contributed by atoms with van der Waals surface area (Å²) < 4.78 is 0. The maximum Gasteiger partial charge on any atom is 0.123 e. The van der Waals surface area contributed by atoms with Crippen molar-refractivity contribution in [3.63, 3.8) is 0 Å². The second-order valence-corrected chi connectivity index (χ2v) is 5.26. The molecule has 0 amide bonds. The number of aldehydes is 1. The number of benzene rings is 1. The first-order valence-corrected chi connectivity index (χ1v) is 6.72. The number of hydrogen-bond donors (Lipinski definition) is 0. The summed E-state index contributed by atoms with van der Waals surface area (Å²) >= 11 is 0. The van der Waals surface area contributed by atoms with Gasteiger partial charge in [0.25, 0.3) is 0 Å². The van der Waals surface area contributed by atoms with Crippen LogP contribution in [-0.4, -0.2) is 6.29 Å². The Kier molecular flexibility index (Phi) is 4.15. The van der Waals surface area contributed by atoms with Crippen LogP contribution in [0.15, 0.2) is 24.3 Å². The smallest absolute Gasteiger partial charge is 0.123 e. The van der Waals surface area contributed by atoms with Crippen LogP contribution in [0.4, 0.5) is 0 Å². The van der Waals surface area contributed by atoms with Gasteiger partial charge in [-0.05, 0) is 42.4 Å². The lowest BCUT2D eigenvalue weighted by molar-refractivity contribution is -0.109. The average Bonchev–Trinajstić information content (AvgIpc) is 3.18.